The fourth-order valence-corrected chi connectivity index (χ4v) is 3.32. The molecule has 2 amide bonds. The summed E-state index contributed by atoms with van der Waals surface area (Å²) in [6.07, 6.45) is 1.59. The fraction of sp³-hybridized carbons (Fsp3) is 0.316. The minimum Gasteiger partial charge on any atom is -0.480 e. The highest BCUT2D eigenvalue weighted by molar-refractivity contribution is 6.01. The largest absolute Gasteiger partial charge is 0.480 e. The number of carbonyl (C=O) groups excluding carboxylic acids is 2. The molecule has 142 valence electrons. The highest BCUT2D eigenvalue weighted by Crippen LogP contribution is 2.29. The van der Waals surface area contributed by atoms with Gasteiger partial charge in [-0.15, -0.1) is 12.4 Å². The van der Waals surface area contributed by atoms with Crippen LogP contribution in [0.25, 0.3) is 0 Å². The lowest BCUT2D eigenvalue weighted by Gasteiger charge is -2.36. The van der Waals surface area contributed by atoms with Gasteiger partial charge in [-0.2, -0.15) is 0 Å². The summed E-state index contributed by atoms with van der Waals surface area (Å²) < 4.78 is 5.38. The van der Waals surface area contributed by atoms with Crippen LogP contribution in [0.5, 0.6) is 5.75 Å². The normalized spacial score (nSPS) is 19.0. The van der Waals surface area contributed by atoms with E-state index < -0.39 is 0 Å². The second-order valence-electron chi connectivity index (χ2n) is 6.35. The number of anilines is 1. The number of rotatable bonds is 3. The van der Waals surface area contributed by atoms with Gasteiger partial charge in [0.1, 0.15) is 6.54 Å². The van der Waals surface area contributed by atoms with Gasteiger partial charge in [0.05, 0.1) is 0 Å². The highest BCUT2D eigenvalue weighted by Gasteiger charge is 2.31. The number of hydrogen-bond acceptors (Lipinski definition) is 5. The van der Waals surface area contributed by atoms with Crippen LogP contribution < -0.4 is 15.0 Å². The summed E-state index contributed by atoms with van der Waals surface area (Å²) in [5.74, 6) is 0.604. The third-order valence-electron chi connectivity index (χ3n) is 4.68. The number of nitrogens with zero attached hydrogens (tertiary/aromatic N) is 3. The number of aromatic nitrogens is 1. The molecule has 1 aromatic heterocycles. The summed E-state index contributed by atoms with van der Waals surface area (Å²) in [4.78, 5) is 32.5. The van der Waals surface area contributed by atoms with Gasteiger partial charge in [0, 0.05) is 31.9 Å². The molecule has 4 rings (SSSR count). The first kappa shape index (κ1) is 19.1. The standard InChI is InChI=1S/C19H20N4O3.ClH/c24-17(12-23-18(25)13-26-16-7-4-8-21-19(16)23)22-10-9-20-15(11-22)14-5-2-1-3-6-14;/h1-8,15,20H,9-13H2;1H. The van der Waals surface area contributed by atoms with Gasteiger partial charge in [-0.25, -0.2) is 4.98 Å². The molecule has 0 saturated carbocycles. The van der Waals surface area contributed by atoms with E-state index in [-0.39, 0.29) is 43.4 Å². The topological polar surface area (TPSA) is 74.8 Å². The van der Waals surface area contributed by atoms with Crippen molar-refractivity contribution in [2.75, 3.05) is 37.7 Å². The molecule has 1 saturated heterocycles. The maximum atomic E-state index is 12.8. The second-order valence-corrected chi connectivity index (χ2v) is 6.35. The van der Waals surface area contributed by atoms with E-state index in [9.17, 15) is 9.59 Å². The van der Waals surface area contributed by atoms with Crippen molar-refractivity contribution in [3.63, 3.8) is 0 Å². The molecule has 0 aliphatic carbocycles. The van der Waals surface area contributed by atoms with Gasteiger partial charge in [0.15, 0.2) is 18.2 Å². The molecule has 1 N–H and O–H groups in total. The SMILES string of the molecule is Cl.O=C(CN1C(=O)COc2cccnc21)N1CCNC(c2ccccc2)C1. The van der Waals surface area contributed by atoms with Crippen LogP contribution in [0.2, 0.25) is 0 Å². The van der Waals surface area contributed by atoms with Gasteiger partial charge in [-0.05, 0) is 17.7 Å². The van der Waals surface area contributed by atoms with Crippen LogP contribution >= 0.6 is 12.4 Å². The van der Waals surface area contributed by atoms with Gasteiger partial charge in [-0.3, -0.25) is 14.5 Å². The van der Waals surface area contributed by atoms with Crippen molar-refractivity contribution < 1.29 is 14.3 Å². The number of pyridine rings is 1. The Kier molecular flexibility index (Phi) is 5.93. The summed E-state index contributed by atoms with van der Waals surface area (Å²) in [6, 6.07) is 13.7. The number of amides is 2. The summed E-state index contributed by atoms with van der Waals surface area (Å²) in [7, 11) is 0. The minimum atomic E-state index is -0.251. The number of hydrogen-bond donors (Lipinski definition) is 1. The average molecular weight is 389 g/mol. The van der Waals surface area contributed by atoms with E-state index in [1.807, 2.05) is 18.2 Å². The lowest BCUT2D eigenvalue weighted by molar-refractivity contribution is -0.133. The number of piperazine rings is 1. The van der Waals surface area contributed by atoms with Crippen LogP contribution in [0.4, 0.5) is 5.82 Å². The first-order valence-corrected chi connectivity index (χ1v) is 8.66. The van der Waals surface area contributed by atoms with E-state index in [0.717, 1.165) is 12.1 Å². The van der Waals surface area contributed by atoms with Gasteiger partial charge in [0.2, 0.25) is 5.91 Å². The van der Waals surface area contributed by atoms with Crippen LogP contribution in [0.3, 0.4) is 0 Å². The zero-order chi connectivity index (χ0) is 17.9. The molecule has 8 heteroatoms. The Balaban J connectivity index is 0.00000210. The Morgan fingerprint density at radius 2 is 2.04 bits per heavy atom. The summed E-state index contributed by atoms with van der Waals surface area (Å²) >= 11 is 0. The van der Waals surface area contributed by atoms with Crippen molar-refractivity contribution in [3.05, 3.63) is 54.2 Å². The third-order valence-corrected chi connectivity index (χ3v) is 4.68. The number of nitrogens with one attached hydrogen (secondary N) is 1. The Hall–Kier alpha value is -2.64. The highest BCUT2D eigenvalue weighted by atomic mass is 35.5. The molecule has 7 nitrogen and oxygen atoms in total. The summed E-state index contributed by atoms with van der Waals surface area (Å²) in [5, 5.41) is 3.44. The van der Waals surface area contributed by atoms with Crippen molar-refractivity contribution >= 4 is 30.0 Å². The van der Waals surface area contributed by atoms with Crippen LogP contribution in [0, 0.1) is 0 Å². The molecule has 0 radical (unpaired) electrons. The zero-order valence-electron chi connectivity index (χ0n) is 14.7. The van der Waals surface area contributed by atoms with Crippen LogP contribution in [0.15, 0.2) is 48.7 Å². The molecule has 2 aromatic rings. The lowest BCUT2D eigenvalue weighted by Crippen LogP contribution is -2.52. The maximum absolute atomic E-state index is 12.8. The number of halogens is 1. The molecule has 1 fully saturated rings. The maximum Gasteiger partial charge on any atom is 0.266 e. The van der Waals surface area contributed by atoms with E-state index in [1.54, 1.807) is 23.2 Å². The van der Waals surface area contributed by atoms with Crippen LogP contribution in [-0.4, -0.2) is 54.5 Å². The average Bonchev–Trinajstić information content (AvgIpc) is 2.71. The van der Waals surface area contributed by atoms with Gasteiger partial charge < -0.3 is 15.0 Å². The monoisotopic (exact) mass is 388 g/mol. The molecule has 1 atom stereocenters. The Bertz CT molecular complexity index is 818. The molecule has 27 heavy (non-hydrogen) atoms. The predicted molar refractivity (Wildman–Crippen MR) is 103 cm³/mol. The molecular formula is C19H21ClN4O3. The lowest BCUT2D eigenvalue weighted by atomic mass is 10.0. The van der Waals surface area contributed by atoms with Gasteiger partial charge in [-0.1, -0.05) is 30.3 Å². The van der Waals surface area contributed by atoms with E-state index in [1.165, 1.54) is 4.90 Å². The van der Waals surface area contributed by atoms with E-state index in [0.29, 0.717) is 24.7 Å². The third kappa shape index (κ3) is 4.04. The molecular weight excluding hydrogens is 368 g/mol. The van der Waals surface area contributed by atoms with E-state index in [2.05, 4.69) is 22.4 Å². The van der Waals surface area contributed by atoms with Crippen molar-refractivity contribution in [2.45, 2.75) is 6.04 Å². The fourth-order valence-electron chi connectivity index (χ4n) is 3.32. The molecule has 1 aromatic carbocycles. The molecule has 3 heterocycles. The smallest absolute Gasteiger partial charge is 0.266 e. The predicted octanol–water partition coefficient (Wildman–Crippen LogP) is 1.40. The first-order valence-electron chi connectivity index (χ1n) is 8.66. The van der Waals surface area contributed by atoms with Gasteiger partial charge >= 0.3 is 0 Å². The number of fused-ring (bicyclic) bond motifs is 1. The van der Waals surface area contributed by atoms with Crippen molar-refractivity contribution in [3.8, 4) is 5.75 Å². The Labute approximate surface area is 163 Å². The van der Waals surface area contributed by atoms with Crippen molar-refractivity contribution in [1.29, 1.82) is 0 Å². The van der Waals surface area contributed by atoms with Crippen LogP contribution in [0.1, 0.15) is 11.6 Å². The van der Waals surface area contributed by atoms with Gasteiger partial charge in [0.25, 0.3) is 5.91 Å². The number of ether oxygens (including phenoxy) is 1. The minimum absolute atomic E-state index is 0. The number of carbonyl (C=O) groups is 2. The van der Waals surface area contributed by atoms with Crippen LogP contribution in [-0.2, 0) is 9.59 Å². The molecule has 2 aliphatic rings. The molecule has 1 unspecified atom stereocenters. The second kappa shape index (κ2) is 8.37. The summed E-state index contributed by atoms with van der Waals surface area (Å²) in [6.45, 7) is 1.83. The Morgan fingerprint density at radius 3 is 2.85 bits per heavy atom. The van der Waals surface area contributed by atoms with Crippen molar-refractivity contribution in [2.24, 2.45) is 0 Å². The van der Waals surface area contributed by atoms with E-state index >= 15 is 0 Å². The molecule has 0 bridgehead atoms. The zero-order valence-corrected chi connectivity index (χ0v) is 15.5. The van der Waals surface area contributed by atoms with E-state index in [4.69, 9.17) is 4.74 Å². The first-order chi connectivity index (χ1) is 12.7. The molecule has 0 spiro atoms. The quantitative estimate of drug-likeness (QED) is 0.860. The summed E-state index contributed by atoms with van der Waals surface area (Å²) in [5.41, 5.74) is 1.15. The Morgan fingerprint density at radius 1 is 1.22 bits per heavy atom. The number of benzene rings is 1. The molecule has 2 aliphatic heterocycles. The van der Waals surface area contributed by atoms with Crippen molar-refractivity contribution in [1.82, 2.24) is 15.2 Å².